The van der Waals surface area contributed by atoms with Crippen LogP contribution in [0, 0.1) is 5.82 Å². The number of rotatable bonds is 5. The van der Waals surface area contributed by atoms with Gasteiger partial charge in [0.1, 0.15) is 23.3 Å². The zero-order chi connectivity index (χ0) is 18.9. The van der Waals surface area contributed by atoms with Crippen molar-refractivity contribution < 1.29 is 14.2 Å². The van der Waals surface area contributed by atoms with E-state index in [1.807, 2.05) is 51.0 Å². The molecule has 0 aliphatic carbocycles. The van der Waals surface area contributed by atoms with Gasteiger partial charge in [-0.15, -0.1) is 0 Å². The molecular weight excluding hydrogens is 331 g/mol. The van der Waals surface area contributed by atoms with Crippen molar-refractivity contribution in [3.05, 3.63) is 59.4 Å². The number of nitrogens with zero attached hydrogens (tertiary/aromatic N) is 1. The predicted molar refractivity (Wildman–Crippen MR) is 102 cm³/mol. The van der Waals surface area contributed by atoms with Crippen LogP contribution in [0.4, 0.5) is 10.1 Å². The number of anilines is 1. The van der Waals surface area contributed by atoms with Gasteiger partial charge in [0.25, 0.3) is 0 Å². The molecule has 0 bridgehead atoms. The number of hydrogen-bond donors (Lipinski definition) is 2. The van der Waals surface area contributed by atoms with Gasteiger partial charge in [0, 0.05) is 31.4 Å². The van der Waals surface area contributed by atoms with Crippen molar-refractivity contribution in [2.45, 2.75) is 38.0 Å². The molecule has 0 spiro atoms. The Morgan fingerprint density at radius 3 is 2.50 bits per heavy atom. The number of hydrogen-bond acceptors (Lipinski definition) is 4. The lowest BCUT2D eigenvalue weighted by atomic mass is 9.86. The number of fused-ring (bicyclic) bond motifs is 1. The fourth-order valence-corrected chi connectivity index (χ4v) is 3.31. The number of ether oxygens (including phenoxy) is 1. The van der Waals surface area contributed by atoms with Crippen molar-refractivity contribution in [3.8, 4) is 5.75 Å². The Balaban J connectivity index is 1.78. The van der Waals surface area contributed by atoms with Gasteiger partial charge in [-0.2, -0.15) is 0 Å². The van der Waals surface area contributed by atoms with Crippen molar-refractivity contribution in [2.75, 3.05) is 25.5 Å². The molecule has 0 saturated heterocycles. The Hall–Kier alpha value is -2.11. The van der Waals surface area contributed by atoms with E-state index < -0.39 is 11.7 Å². The Labute approximate surface area is 154 Å². The third kappa shape index (κ3) is 3.84. The molecule has 0 amide bonds. The summed E-state index contributed by atoms with van der Waals surface area (Å²) in [6.07, 6.45) is 0.0871. The van der Waals surface area contributed by atoms with Crippen LogP contribution in [0.1, 0.15) is 31.0 Å². The molecule has 2 aromatic rings. The molecule has 3 rings (SSSR count). The maximum absolute atomic E-state index is 13.0. The van der Waals surface area contributed by atoms with Gasteiger partial charge in [0.2, 0.25) is 0 Å². The van der Waals surface area contributed by atoms with E-state index in [1.54, 1.807) is 12.1 Å². The first-order valence-electron chi connectivity index (χ1n) is 8.94. The van der Waals surface area contributed by atoms with E-state index in [9.17, 15) is 9.50 Å². The highest BCUT2D eigenvalue weighted by Crippen LogP contribution is 2.41. The quantitative estimate of drug-likeness (QED) is 0.861. The Morgan fingerprint density at radius 2 is 1.85 bits per heavy atom. The molecule has 26 heavy (non-hydrogen) atoms. The third-order valence-corrected chi connectivity index (χ3v) is 4.94. The first-order chi connectivity index (χ1) is 12.3. The van der Waals surface area contributed by atoms with Crippen molar-refractivity contribution in [1.29, 1.82) is 0 Å². The van der Waals surface area contributed by atoms with E-state index in [4.69, 9.17) is 4.74 Å². The summed E-state index contributed by atoms with van der Waals surface area (Å²) in [6, 6.07) is 12.4. The van der Waals surface area contributed by atoms with Crippen LogP contribution >= 0.6 is 0 Å². The molecule has 4 nitrogen and oxygen atoms in total. The molecule has 2 aromatic carbocycles. The van der Waals surface area contributed by atoms with Crippen LogP contribution in [0.5, 0.6) is 5.75 Å². The summed E-state index contributed by atoms with van der Waals surface area (Å²) < 4.78 is 19.1. The summed E-state index contributed by atoms with van der Waals surface area (Å²) in [5.41, 5.74) is 2.39. The minimum atomic E-state index is -0.689. The van der Waals surface area contributed by atoms with Crippen molar-refractivity contribution >= 4 is 5.69 Å². The third-order valence-electron chi connectivity index (χ3n) is 4.94. The normalized spacial score (nSPS) is 21.0. The van der Waals surface area contributed by atoms with Crippen LogP contribution in [0.15, 0.2) is 42.5 Å². The van der Waals surface area contributed by atoms with Crippen LogP contribution in [-0.2, 0) is 6.42 Å². The molecule has 1 aliphatic heterocycles. The van der Waals surface area contributed by atoms with Crippen molar-refractivity contribution in [2.24, 2.45) is 0 Å². The average Bonchev–Trinajstić information content (AvgIpc) is 2.59. The van der Waals surface area contributed by atoms with Crippen molar-refractivity contribution in [3.63, 3.8) is 0 Å². The molecule has 2 N–H and O–H groups in total. The number of nitrogens with one attached hydrogen (secondary N) is 1. The second-order valence-electron chi connectivity index (χ2n) is 7.58. The molecule has 0 radical (unpaired) electrons. The molecule has 5 heteroatoms. The number of aliphatic hydroxyl groups excluding tert-OH is 1. The van der Waals surface area contributed by atoms with Gasteiger partial charge in [-0.05, 0) is 50.6 Å². The molecule has 2 atom stereocenters. The van der Waals surface area contributed by atoms with Gasteiger partial charge in [-0.1, -0.05) is 18.2 Å². The summed E-state index contributed by atoms with van der Waals surface area (Å²) in [4.78, 5) is 2.03. The van der Waals surface area contributed by atoms with Gasteiger partial charge in [0.15, 0.2) is 0 Å². The maximum Gasteiger partial charge on any atom is 0.131 e. The summed E-state index contributed by atoms with van der Waals surface area (Å²) in [5, 5.41) is 14.3. The van der Waals surface area contributed by atoms with Gasteiger partial charge in [-0.3, -0.25) is 0 Å². The highest BCUT2D eigenvalue weighted by molar-refractivity contribution is 5.55. The lowest BCUT2D eigenvalue weighted by Crippen LogP contribution is -2.52. The minimum absolute atomic E-state index is 0.217. The molecule has 1 aliphatic rings. The molecule has 0 fully saturated rings. The molecule has 2 unspecified atom stereocenters. The highest BCUT2D eigenvalue weighted by Gasteiger charge is 2.42. The predicted octanol–water partition coefficient (Wildman–Crippen LogP) is 3.30. The molecule has 140 valence electrons. The molecule has 1 heterocycles. The number of aliphatic hydroxyl groups is 1. The zero-order valence-corrected chi connectivity index (χ0v) is 15.8. The van der Waals surface area contributed by atoms with Gasteiger partial charge in [0.05, 0.1) is 6.04 Å². The van der Waals surface area contributed by atoms with Crippen LogP contribution in [0.2, 0.25) is 0 Å². The van der Waals surface area contributed by atoms with Gasteiger partial charge < -0.3 is 20.1 Å². The van der Waals surface area contributed by atoms with Crippen LogP contribution in [0.3, 0.4) is 0 Å². The molecule has 0 aromatic heterocycles. The minimum Gasteiger partial charge on any atom is -0.485 e. The Morgan fingerprint density at radius 1 is 1.15 bits per heavy atom. The lowest BCUT2D eigenvalue weighted by molar-refractivity contribution is -0.0643. The number of benzene rings is 2. The summed E-state index contributed by atoms with van der Waals surface area (Å²) in [5.74, 6) is 0.569. The summed E-state index contributed by atoms with van der Waals surface area (Å²) >= 11 is 0. The smallest absolute Gasteiger partial charge is 0.131 e. The maximum atomic E-state index is 13.0. The van der Waals surface area contributed by atoms with Crippen LogP contribution in [0.25, 0.3) is 0 Å². The zero-order valence-electron chi connectivity index (χ0n) is 15.8. The highest BCUT2D eigenvalue weighted by atomic mass is 19.1. The molecule has 0 saturated carbocycles. The largest absolute Gasteiger partial charge is 0.485 e. The Kier molecular flexibility index (Phi) is 5.21. The first-order valence-corrected chi connectivity index (χ1v) is 8.94. The molecular formula is C21H27FN2O2. The van der Waals surface area contributed by atoms with Crippen molar-refractivity contribution in [1.82, 2.24) is 5.32 Å². The fourth-order valence-electron chi connectivity index (χ4n) is 3.31. The van der Waals surface area contributed by atoms with Crippen LogP contribution in [-0.4, -0.2) is 37.5 Å². The second-order valence-corrected chi connectivity index (χ2v) is 7.58. The Bertz CT molecular complexity index is 759. The summed E-state index contributed by atoms with van der Waals surface area (Å²) in [6.45, 7) is 4.48. The summed E-state index contributed by atoms with van der Waals surface area (Å²) in [7, 11) is 3.98. The topological polar surface area (TPSA) is 44.7 Å². The van der Waals surface area contributed by atoms with Gasteiger partial charge in [-0.25, -0.2) is 4.39 Å². The van der Waals surface area contributed by atoms with Crippen LogP contribution < -0.4 is 15.0 Å². The monoisotopic (exact) mass is 358 g/mol. The van der Waals surface area contributed by atoms with E-state index in [2.05, 4.69) is 5.32 Å². The van der Waals surface area contributed by atoms with E-state index in [0.29, 0.717) is 6.54 Å². The average molecular weight is 358 g/mol. The first kappa shape index (κ1) is 18.7. The standard InChI is InChI=1S/C21H27FN2O2/c1-21(2)20(25)19(23-12-11-14-5-7-15(22)8-6-14)17-10-9-16(24(3)4)13-18(17)26-21/h5-10,13,19-20,23,25H,11-12H2,1-4H3. The van der Waals surface area contributed by atoms with E-state index in [1.165, 1.54) is 12.1 Å². The van der Waals surface area contributed by atoms with E-state index in [-0.39, 0.29) is 11.9 Å². The lowest BCUT2D eigenvalue weighted by Gasteiger charge is -2.42. The fraction of sp³-hybridized carbons (Fsp3) is 0.429. The van der Waals surface area contributed by atoms with E-state index in [0.717, 1.165) is 29.0 Å². The second kappa shape index (κ2) is 7.25. The van der Waals surface area contributed by atoms with E-state index >= 15 is 0 Å². The number of halogens is 1. The van der Waals surface area contributed by atoms with Gasteiger partial charge >= 0.3 is 0 Å². The SMILES string of the molecule is CN(C)c1ccc2c(c1)OC(C)(C)C(O)C2NCCc1ccc(F)cc1.